The number of hydrogen-bond acceptors (Lipinski definition) is 4. The van der Waals surface area contributed by atoms with Crippen LogP contribution in [-0.2, 0) is 16.6 Å². The van der Waals surface area contributed by atoms with Crippen molar-refractivity contribution in [3.05, 3.63) is 59.7 Å². The van der Waals surface area contributed by atoms with Crippen LogP contribution in [0.3, 0.4) is 0 Å². The number of thiocarbonyl (C=S) groups is 1. The predicted octanol–water partition coefficient (Wildman–Crippen LogP) is 4.18. The van der Waals surface area contributed by atoms with Crippen molar-refractivity contribution in [2.24, 2.45) is 0 Å². The lowest BCUT2D eigenvalue weighted by molar-refractivity contribution is 0.346. The van der Waals surface area contributed by atoms with Crippen LogP contribution < -0.4 is 5.32 Å². The molecular weight excluding hydrogens is 440 g/mol. The lowest BCUT2D eigenvalue weighted by atomic mass is 10.2. The van der Waals surface area contributed by atoms with Gasteiger partial charge in [0.1, 0.15) is 0 Å². The van der Waals surface area contributed by atoms with Gasteiger partial charge in [0.25, 0.3) is 0 Å². The minimum Gasteiger partial charge on any atom is -0.345 e. The van der Waals surface area contributed by atoms with E-state index in [9.17, 15) is 8.42 Å². The molecule has 2 rings (SSSR count). The molecule has 0 saturated heterocycles. The molecule has 6 nitrogen and oxygen atoms in total. The standard InChI is InChI=1S/C24H36N4O2S2/c1-6-28(7-2)32(29,30)22-15-14-20(3)23(18-22)25-24(31)27(17-11-16-26(4)5)19-21-12-9-8-10-13-21/h8-10,12-15,18H,6-7,11,16-17,19H2,1-5H3,(H,25,31). The third kappa shape index (κ3) is 7.27. The Bertz CT molecular complexity index is 975. The van der Waals surface area contributed by atoms with Crippen LogP contribution in [0, 0.1) is 6.92 Å². The second-order valence-corrected chi connectivity index (χ2v) is 10.4. The second-order valence-electron chi connectivity index (χ2n) is 8.06. The summed E-state index contributed by atoms with van der Waals surface area (Å²) in [5, 5.41) is 3.91. The van der Waals surface area contributed by atoms with Gasteiger partial charge in [-0.3, -0.25) is 0 Å². The summed E-state index contributed by atoms with van der Waals surface area (Å²) in [7, 11) is 0.580. The Morgan fingerprint density at radius 2 is 1.66 bits per heavy atom. The molecule has 176 valence electrons. The Hall–Kier alpha value is -2.00. The van der Waals surface area contributed by atoms with Crippen molar-refractivity contribution in [2.45, 2.75) is 38.6 Å². The summed E-state index contributed by atoms with van der Waals surface area (Å²) in [4.78, 5) is 4.57. The number of aryl methyl sites for hydroxylation is 1. The topological polar surface area (TPSA) is 55.9 Å². The molecule has 1 N–H and O–H groups in total. The number of hydrogen-bond donors (Lipinski definition) is 1. The van der Waals surface area contributed by atoms with E-state index in [1.807, 2.05) is 45.0 Å². The number of anilines is 1. The maximum absolute atomic E-state index is 13.0. The average Bonchev–Trinajstić information content (AvgIpc) is 2.75. The molecule has 0 aliphatic heterocycles. The average molecular weight is 477 g/mol. The van der Waals surface area contributed by atoms with E-state index in [2.05, 4.69) is 41.3 Å². The Balaban J connectivity index is 2.25. The van der Waals surface area contributed by atoms with E-state index >= 15 is 0 Å². The SMILES string of the molecule is CCN(CC)S(=O)(=O)c1ccc(C)c(NC(=S)N(CCCN(C)C)Cc2ccccc2)c1. The molecule has 32 heavy (non-hydrogen) atoms. The normalized spacial score (nSPS) is 11.7. The molecule has 0 saturated carbocycles. The molecular formula is C24H36N4O2S2. The lowest BCUT2D eigenvalue weighted by Crippen LogP contribution is -2.36. The van der Waals surface area contributed by atoms with E-state index in [0.717, 1.165) is 25.1 Å². The van der Waals surface area contributed by atoms with E-state index in [-0.39, 0.29) is 4.90 Å². The van der Waals surface area contributed by atoms with Crippen molar-refractivity contribution in [1.82, 2.24) is 14.1 Å². The van der Waals surface area contributed by atoms with E-state index in [1.54, 1.807) is 12.1 Å². The number of nitrogens with zero attached hydrogens (tertiary/aromatic N) is 3. The van der Waals surface area contributed by atoms with Gasteiger partial charge in [-0.2, -0.15) is 4.31 Å². The van der Waals surface area contributed by atoms with E-state index in [0.29, 0.717) is 30.4 Å². The quantitative estimate of drug-likeness (QED) is 0.491. The molecule has 0 aliphatic carbocycles. The number of benzene rings is 2. The van der Waals surface area contributed by atoms with Gasteiger partial charge in [-0.1, -0.05) is 50.2 Å². The number of nitrogens with one attached hydrogen (secondary N) is 1. The number of sulfonamides is 1. The first kappa shape index (κ1) is 26.3. The van der Waals surface area contributed by atoms with Crippen LogP contribution in [0.2, 0.25) is 0 Å². The van der Waals surface area contributed by atoms with E-state index in [4.69, 9.17) is 12.2 Å². The summed E-state index contributed by atoms with van der Waals surface area (Å²) < 4.78 is 27.4. The van der Waals surface area contributed by atoms with Gasteiger partial charge in [-0.25, -0.2) is 8.42 Å². The summed E-state index contributed by atoms with van der Waals surface area (Å²) in [5.74, 6) is 0. The number of rotatable bonds is 11. The Kier molecular flexibility index (Phi) is 10.1. The summed E-state index contributed by atoms with van der Waals surface area (Å²) in [6, 6.07) is 15.4. The Labute approximate surface area is 199 Å². The highest BCUT2D eigenvalue weighted by Gasteiger charge is 2.22. The van der Waals surface area contributed by atoms with Crippen molar-refractivity contribution in [3.63, 3.8) is 0 Å². The predicted molar refractivity (Wildman–Crippen MR) is 138 cm³/mol. The van der Waals surface area contributed by atoms with Gasteiger partial charge in [0.15, 0.2) is 5.11 Å². The van der Waals surface area contributed by atoms with Crippen LogP contribution in [0.4, 0.5) is 5.69 Å². The third-order valence-electron chi connectivity index (χ3n) is 5.33. The molecule has 0 bridgehead atoms. The van der Waals surface area contributed by atoms with Gasteiger partial charge in [-0.05, 0) is 69.5 Å². The third-order valence-corrected chi connectivity index (χ3v) is 7.74. The molecule has 0 atom stereocenters. The first-order valence-corrected chi connectivity index (χ1v) is 12.9. The van der Waals surface area contributed by atoms with Crippen LogP contribution in [0.5, 0.6) is 0 Å². The minimum atomic E-state index is -3.54. The molecule has 2 aromatic carbocycles. The van der Waals surface area contributed by atoms with E-state index in [1.165, 1.54) is 9.87 Å². The van der Waals surface area contributed by atoms with Crippen LogP contribution in [0.25, 0.3) is 0 Å². The van der Waals surface area contributed by atoms with Crippen LogP contribution in [0.1, 0.15) is 31.4 Å². The maximum atomic E-state index is 13.0. The highest BCUT2D eigenvalue weighted by molar-refractivity contribution is 7.89. The first-order valence-electron chi connectivity index (χ1n) is 11.0. The molecule has 0 unspecified atom stereocenters. The van der Waals surface area contributed by atoms with Gasteiger partial charge >= 0.3 is 0 Å². The summed E-state index contributed by atoms with van der Waals surface area (Å²) >= 11 is 5.77. The van der Waals surface area contributed by atoms with Crippen molar-refractivity contribution < 1.29 is 8.42 Å². The van der Waals surface area contributed by atoms with E-state index < -0.39 is 10.0 Å². The fraction of sp³-hybridized carbons (Fsp3) is 0.458. The Morgan fingerprint density at radius 1 is 1.00 bits per heavy atom. The molecule has 0 fully saturated rings. The van der Waals surface area contributed by atoms with Gasteiger partial charge in [0.2, 0.25) is 10.0 Å². The van der Waals surface area contributed by atoms with Gasteiger partial charge in [0, 0.05) is 31.9 Å². The molecule has 8 heteroatoms. The molecule has 0 spiro atoms. The fourth-order valence-corrected chi connectivity index (χ4v) is 5.19. The largest absolute Gasteiger partial charge is 0.345 e. The van der Waals surface area contributed by atoms with Gasteiger partial charge < -0.3 is 15.1 Å². The van der Waals surface area contributed by atoms with Crippen LogP contribution in [-0.4, -0.2) is 67.9 Å². The molecule has 0 heterocycles. The zero-order valence-corrected chi connectivity index (χ0v) is 21.5. The fourth-order valence-electron chi connectivity index (χ4n) is 3.44. The minimum absolute atomic E-state index is 0.277. The summed E-state index contributed by atoms with van der Waals surface area (Å²) in [6.45, 7) is 8.97. The Morgan fingerprint density at radius 3 is 2.25 bits per heavy atom. The zero-order chi connectivity index (χ0) is 23.7. The van der Waals surface area contributed by atoms with Crippen LogP contribution in [0.15, 0.2) is 53.4 Å². The second kappa shape index (κ2) is 12.3. The van der Waals surface area contributed by atoms with Gasteiger partial charge in [0.05, 0.1) is 4.90 Å². The van der Waals surface area contributed by atoms with Crippen molar-refractivity contribution >= 4 is 33.0 Å². The molecule has 0 amide bonds. The highest BCUT2D eigenvalue weighted by Crippen LogP contribution is 2.23. The first-order chi connectivity index (χ1) is 15.2. The molecule has 0 radical (unpaired) electrons. The van der Waals surface area contributed by atoms with Crippen LogP contribution >= 0.6 is 12.2 Å². The molecule has 0 aliphatic rings. The zero-order valence-electron chi connectivity index (χ0n) is 19.8. The monoisotopic (exact) mass is 476 g/mol. The maximum Gasteiger partial charge on any atom is 0.243 e. The molecule has 2 aromatic rings. The smallest absolute Gasteiger partial charge is 0.243 e. The van der Waals surface area contributed by atoms with Crippen molar-refractivity contribution in [3.8, 4) is 0 Å². The van der Waals surface area contributed by atoms with Gasteiger partial charge in [-0.15, -0.1) is 0 Å². The highest BCUT2D eigenvalue weighted by atomic mass is 32.2. The molecule has 0 aromatic heterocycles. The van der Waals surface area contributed by atoms with Crippen molar-refractivity contribution in [2.75, 3.05) is 45.6 Å². The summed E-state index contributed by atoms with van der Waals surface area (Å²) in [6.07, 6.45) is 0.969. The summed E-state index contributed by atoms with van der Waals surface area (Å²) in [5.41, 5.74) is 2.84. The lowest BCUT2D eigenvalue weighted by Gasteiger charge is -2.27. The van der Waals surface area contributed by atoms with Crippen molar-refractivity contribution in [1.29, 1.82) is 0 Å².